The van der Waals surface area contributed by atoms with Crippen LogP contribution in [0.1, 0.15) is 30.5 Å². The number of hydrogen-bond acceptors (Lipinski definition) is 1. The fourth-order valence-electron chi connectivity index (χ4n) is 5.58. The Morgan fingerprint density at radius 2 is 1.24 bits per heavy atom. The molecule has 0 N–H and O–H groups in total. The molecule has 2 bridgehead atoms. The van der Waals surface area contributed by atoms with Crippen LogP contribution in [0.15, 0.2) is 103 Å². The molecule has 0 amide bonds. The van der Waals surface area contributed by atoms with Crippen LogP contribution in [0.5, 0.6) is 0 Å². The van der Waals surface area contributed by atoms with Crippen molar-refractivity contribution in [1.29, 1.82) is 0 Å². The van der Waals surface area contributed by atoms with Crippen LogP contribution in [-0.2, 0) is 9.72 Å². The van der Waals surface area contributed by atoms with E-state index in [9.17, 15) is 0 Å². The molecule has 144 valence electrons. The van der Waals surface area contributed by atoms with Gasteiger partial charge in [0.15, 0.2) is 0 Å². The Bertz CT molecular complexity index is 1180. The molecule has 0 radical (unpaired) electrons. The lowest BCUT2D eigenvalue weighted by atomic mass is 9.69. The molecule has 2 heterocycles. The maximum atomic E-state index is 15.1. The van der Waals surface area contributed by atoms with Gasteiger partial charge in [0.2, 0.25) is 0 Å². The third kappa shape index (κ3) is 2.26. The fourth-order valence-corrected chi connectivity index (χ4v) is 10.3. The van der Waals surface area contributed by atoms with Crippen LogP contribution in [0.4, 0.5) is 0 Å². The lowest BCUT2D eigenvalue weighted by Crippen LogP contribution is -2.29. The van der Waals surface area contributed by atoms with Crippen molar-refractivity contribution in [2.45, 2.75) is 19.0 Å². The minimum absolute atomic E-state index is 0.313. The third-order valence-corrected chi connectivity index (χ3v) is 11.4. The molecule has 1 saturated heterocycles. The van der Waals surface area contributed by atoms with Crippen molar-refractivity contribution in [2.24, 2.45) is 5.41 Å². The molecule has 0 saturated carbocycles. The Balaban J connectivity index is 1.88. The van der Waals surface area contributed by atoms with Crippen molar-refractivity contribution in [3.8, 4) is 0 Å². The van der Waals surface area contributed by atoms with E-state index in [1.807, 2.05) is 42.5 Å². The van der Waals surface area contributed by atoms with Crippen molar-refractivity contribution in [3.63, 3.8) is 0 Å². The van der Waals surface area contributed by atoms with Crippen LogP contribution in [0.25, 0.3) is 10.9 Å². The maximum Gasteiger partial charge on any atom is 0.131 e. The molecule has 3 aromatic rings. The van der Waals surface area contributed by atoms with Crippen molar-refractivity contribution in [2.75, 3.05) is 6.16 Å². The van der Waals surface area contributed by atoms with E-state index in [1.165, 1.54) is 5.57 Å². The molecule has 2 heteroatoms. The summed E-state index contributed by atoms with van der Waals surface area (Å²) in [5, 5.41) is 0.498. The molecule has 1 fully saturated rings. The van der Waals surface area contributed by atoms with E-state index in [4.69, 9.17) is 0 Å². The van der Waals surface area contributed by atoms with Gasteiger partial charge >= 0.3 is 0 Å². The zero-order chi connectivity index (χ0) is 20.3. The summed E-state index contributed by atoms with van der Waals surface area (Å²) in [4.78, 5) is 0. The highest BCUT2D eigenvalue weighted by Gasteiger charge is 2.68. The summed E-state index contributed by atoms with van der Waals surface area (Å²) in [6, 6.07) is 31.1. The number of rotatable bonds is 3. The monoisotopic (exact) mass is 396 g/mol. The minimum atomic E-state index is -2.82. The summed E-state index contributed by atoms with van der Waals surface area (Å²) in [5.41, 5.74) is 5.31. The van der Waals surface area contributed by atoms with Crippen LogP contribution in [0.2, 0.25) is 0 Å². The highest BCUT2D eigenvalue weighted by atomic mass is 31.2. The molecule has 3 atom stereocenters. The van der Waals surface area contributed by atoms with Gasteiger partial charge in [0.05, 0.1) is 5.16 Å². The molecular weight excluding hydrogens is 371 g/mol. The average Bonchev–Trinajstić information content (AvgIpc) is 3.11. The second kappa shape index (κ2) is 6.18. The van der Waals surface area contributed by atoms with Crippen molar-refractivity contribution < 1.29 is 4.57 Å². The molecular formula is C27H25OP. The van der Waals surface area contributed by atoms with Gasteiger partial charge in [0.1, 0.15) is 7.14 Å². The predicted octanol–water partition coefficient (Wildman–Crippen LogP) is 7.42. The molecule has 1 unspecified atom stereocenters. The zero-order valence-corrected chi connectivity index (χ0v) is 17.8. The zero-order valence-electron chi connectivity index (χ0n) is 16.9. The Morgan fingerprint density at radius 1 is 0.759 bits per heavy atom. The van der Waals surface area contributed by atoms with Crippen molar-refractivity contribution in [3.05, 3.63) is 120 Å². The number of allylic oxidation sites excluding steroid dienone is 2. The van der Waals surface area contributed by atoms with Gasteiger partial charge in [0.25, 0.3) is 0 Å². The number of hydrogen-bond donors (Lipinski definition) is 0. The van der Waals surface area contributed by atoms with E-state index in [0.29, 0.717) is 6.16 Å². The molecule has 0 spiro atoms. The first-order valence-electron chi connectivity index (χ1n) is 10.1. The summed E-state index contributed by atoms with van der Waals surface area (Å²) in [6.45, 7) is 8.98. The van der Waals surface area contributed by atoms with Crippen molar-refractivity contribution in [1.82, 2.24) is 0 Å². The lowest BCUT2D eigenvalue weighted by molar-refractivity contribution is 0.562. The number of benzene rings is 3. The lowest BCUT2D eigenvalue weighted by Gasteiger charge is -2.42. The first kappa shape index (κ1) is 18.4. The maximum absolute atomic E-state index is 15.1. The van der Waals surface area contributed by atoms with Gasteiger partial charge in [-0.2, -0.15) is 0 Å². The minimum Gasteiger partial charge on any atom is -0.317 e. The normalized spacial score (nSPS) is 30.8. The van der Waals surface area contributed by atoms with E-state index in [0.717, 1.165) is 27.6 Å². The summed E-state index contributed by atoms with van der Waals surface area (Å²) >= 11 is 0. The number of fused-ring (bicyclic) bond motifs is 2. The largest absolute Gasteiger partial charge is 0.317 e. The van der Waals surface area contributed by atoms with Crippen LogP contribution >= 0.6 is 7.14 Å². The van der Waals surface area contributed by atoms with E-state index in [2.05, 4.69) is 69.0 Å². The summed E-state index contributed by atoms with van der Waals surface area (Å²) < 4.78 is 15.1. The first-order chi connectivity index (χ1) is 13.9. The average molecular weight is 396 g/mol. The van der Waals surface area contributed by atoms with Crippen LogP contribution in [-0.4, -0.2) is 6.16 Å². The van der Waals surface area contributed by atoms with Gasteiger partial charge in [-0.3, -0.25) is 0 Å². The van der Waals surface area contributed by atoms with Crippen LogP contribution < -0.4 is 0 Å². The molecule has 1 nitrogen and oxygen atoms in total. The standard InChI is InChI=1S/C27H25OP/c1-20-26(2)19-29(28,27(20,3)23-17-11-6-12-18-23)25(22-15-9-5-10-16-22)24(26)21-13-7-4-8-14-21/h4-18H,1,19H2,2-3H3/t26-,27+,29?/m0/s1. The quantitative estimate of drug-likeness (QED) is 0.332. The predicted molar refractivity (Wildman–Crippen MR) is 123 cm³/mol. The van der Waals surface area contributed by atoms with Crippen LogP contribution in [0, 0.1) is 5.41 Å². The Morgan fingerprint density at radius 3 is 1.79 bits per heavy atom. The summed E-state index contributed by atoms with van der Waals surface area (Å²) in [5.74, 6) is 0. The van der Waals surface area contributed by atoms with Gasteiger partial charge in [-0.25, -0.2) is 0 Å². The molecule has 29 heavy (non-hydrogen) atoms. The Kier molecular flexibility index (Phi) is 3.92. The fraction of sp³-hybridized carbons (Fsp3) is 0.185. The highest BCUT2D eigenvalue weighted by Crippen LogP contribution is 2.89. The van der Waals surface area contributed by atoms with Crippen LogP contribution in [0.3, 0.4) is 0 Å². The van der Waals surface area contributed by atoms with Crippen molar-refractivity contribution >= 4 is 18.0 Å². The third-order valence-electron chi connectivity index (χ3n) is 7.11. The molecule has 5 rings (SSSR count). The molecule has 2 aliphatic heterocycles. The van der Waals surface area contributed by atoms with E-state index in [-0.39, 0.29) is 5.41 Å². The summed E-state index contributed by atoms with van der Waals surface area (Å²) in [7, 11) is -2.82. The van der Waals surface area contributed by atoms with E-state index < -0.39 is 12.3 Å². The topological polar surface area (TPSA) is 17.1 Å². The Labute approximate surface area is 173 Å². The molecule has 0 aromatic heterocycles. The van der Waals surface area contributed by atoms with E-state index in [1.54, 1.807) is 0 Å². The van der Waals surface area contributed by atoms with Gasteiger partial charge in [-0.15, -0.1) is 0 Å². The van der Waals surface area contributed by atoms with Gasteiger partial charge in [-0.1, -0.05) is 104 Å². The highest BCUT2D eigenvalue weighted by molar-refractivity contribution is 7.77. The smallest absolute Gasteiger partial charge is 0.131 e. The second-order valence-corrected chi connectivity index (χ2v) is 11.7. The molecule has 0 aliphatic carbocycles. The van der Waals surface area contributed by atoms with Gasteiger partial charge < -0.3 is 4.57 Å². The second-order valence-electron chi connectivity index (χ2n) is 8.60. The molecule has 2 aliphatic rings. The summed E-state index contributed by atoms with van der Waals surface area (Å²) in [6.07, 6.45) is 0.651. The molecule has 3 aromatic carbocycles. The first-order valence-corrected chi connectivity index (χ1v) is 12.0. The van der Waals surface area contributed by atoms with Gasteiger partial charge in [-0.05, 0) is 34.8 Å². The van der Waals surface area contributed by atoms with Gasteiger partial charge in [0, 0.05) is 16.9 Å². The SMILES string of the molecule is C=C1[C@]2(C)CP(=O)(C(c3ccccc3)=C2c2ccccc2)[C@@]1(C)c1ccccc1. The van der Waals surface area contributed by atoms with E-state index >= 15 is 4.57 Å². The Hall–Kier alpha value is -2.63.